The van der Waals surface area contributed by atoms with Crippen molar-refractivity contribution in [2.24, 2.45) is 16.5 Å². The van der Waals surface area contributed by atoms with Crippen LogP contribution in [0.3, 0.4) is 0 Å². The number of hydrogen-bond acceptors (Lipinski definition) is 9. The van der Waals surface area contributed by atoms with Gasteiger partial charge in [0.15, 0.2) is 0 Å². The summed E-state index contributed by atoms with van der Waals surface area (Å²) in [6.07, 6.45) is 1.54. The number of aliphatic imine (C=N–C) groups is 1. The predicted molar refractivity (Wildman–Crippen MR) is 178 cm³/mol. The summed E-state index contributed by atoms with van der Waals surface area (Å²) in [5.41, 5.74) is 15.0. The number of ether oxygens (including phenoxy) is 1. The Morgan fingerprint density at radius 1 is 1.11 bits per heavy atom. The minimum Gasteiger partial charge on any atom is -0.496 e. The van der Waals surface area contributed by atoms with Crippen LogP contribution in [0.1, 0.15) is 46.2 Å². The van der Waals surface area contributed by atoms with Crippen LogP contribution in [0.4, 0.5) is 0 Å². The van der Waals surface area contributed by atoms with Crippen molar-refractivity contribution in [2.45, 2.75) is 63.1 Å². The number of aliphatic hydroxyl groups is 1. The molecule has 1 aromatic heterocycles. The van der Waals surface area contributed by atoms with E-state index in [1.165, 1.54) is 18.4 Å². The first-order valence-corrected chi connectivity index (χ1v) is 16.9. The van der Waals surface area contributed by atoms with E-state index in [1.807, 2.05) is 42.5 Å². The van der Waals surface area contributed by atoms with E-state index in [4.69, 9.17) is 16.2 Å². The monoisotopic (exact) mass is 652 g/mol. The second-order valence-corrected chi connectivity index (χ2v) is 13.5. The number of hydrogen-bond donors (Lipinski definition) is 5. The van der Waals surface area contributed by atoms with Crippen molar-refractivity contribution in [1.29, 1.82) is 0 Å². The molecule has 45 heavy (non-hydrogen) atoms. The van der Waals surface area contributed by atoms with E-state index < -0.39 is 34.1 Å². The maximum Gasteiger partial charge on any atom is 0.264 e. The number of nitrogens with two attached hydrogens (primary N) is 2. The van der Waals surface area contributed by atoms with Crippen molar-refractivity contribution < 1.29 is 23.1 Å². The van der Waals surface area contributed by atoms with Gasteiger partial charge in [0, 0.05) is 18.1 Å². The molecule has 7 N–H and O–H groups in total. The average Bonchev–Trinajstić information content (AvgIpc) is 3.55. The van der Waals surface area contributed by atoms with Crippen molar-refractivity contribution in [3.8, 4) is 5.75 Å². The van der Waals surface area contributed by atoms with E-state index in [0.29, 0.717) is 46.7 Å². The summed E-state index contributed by atoms with van der Waals surface area (Å²) >= 11 is 1.28. The molecule has 4 rings (SSSR count). The lowest BCUT2D eigenvalue weighted by Crippen LogP contribution is -2.48. The molecule has 3 atom stereocenters. The minimum absolute atomic E-state index is 0.119. The van der Waals surface area contributed by atoms with Crippen LogP contribution in [0.25, 0.3) is 10.8 Å². The molecule has 0 aliphatic heterocycles. The molecule has 240 valence electrons. The van der Waals surface area contributed by atoms with Crippen LogP contribution in [0, 0.1) is 20.8 Å². The summed E-state index contributed by atoms with van der Waals surface area (Å²) in [6.45, 7) is 5.33. The number of benzene rings is 3. The number of aliphatic hydroxyl groups excluding tert-OH is 1. The highest BCUT2D eigenvalue weighted by molar-refractivity contribution is 7.90. The number of carbonyl (C=O) groups excluding carboxylic acids is 1. The number of methoxy groups -OCH3 is 1. The number of carbonyl (C=O) groups is 1. The summed E-state index contributed by atoms with van der Waals surface area (Å²) < 4.78 is 34.0. The van der Waals surface area contributed by atoms with Crippen LogP contribution in [0.2, 0.25) is 0 Å². The summed E-state index contributed by atoms with van der Waals surface area (Å²) in [6, 6.07) is 14.0. The molecule has 1 amide bonds. The summed E-state index contributed by atoms with van der Waals surface area (Å²) in [5, 5.41) is 18.3. The number of rotatable bonds is 13. The molecule has 3 aromatic carbocycles. The Labute approximate surface area is 267 Å². The molecule has 0 saturated carbocycles. The molecule has 0 saturated heterocycles. The van der Waals surface area contributed by atoms with E-state index in [9.17, 15) is 18.3 Å². The van der Waals surface area contributed by atoms with E-state index in [1.54, 1.807) is 38.4 Å². The fourth-order valence-electron chi connectivity index (χ4n) is 5.24. The number of amides is 1. The lowest BCUT2D eigenvalue weighted by Gasteiger charge is -2.24. The van der Waals surface area contributed by atoms with Gasteiger partial charge in [-0.25, -0.2) is 18.1 Å². The Kier molecular flexibility index (Phi) is 11.2. The molecular weight excluding hydrogens is 613 g/mol. The van der Waals surface area contributed by atoms with Crippen LogP contribution >= 0.6 is 11.3 Å². The topological polar surface area (TPSA) is 182 Å². The Morgan fingerprint density at radius 3 is 2.53 bits per heavy atom. The fraction of sp³-hybridized carbons (Fsp3) is 0.344. The summed E-state index contributed by atoms with van der Waals surface area (Å²) in [7, 11) is -2.48. The van der Waals surface area contributed by atoms with Gasteiger partial charge >= 0.3 is 0 Å². The quantitative estimate of drug-likeness (QED) is 0.0828. The molecule has 0 bridgehead atoms. The van der Waals surface area contributed by atoms with Crippen LogP contribution in [0.5, 0.6) is 5.75 Å². The third-order valence-corrected chi connectivity index (χ3v) is 10.2. The van der Waals surface area contributed by atoms with Gasteiger partial charge in [-0.1, -0.05) is 42.5 Å². The number of guanidine groups is 1. The Bertz CT molecular complexity index is 1780. The molecular formula is C32H40N6O5S2. The Hall–Kier alpha value is -4.04. The Morgan fingerprint density at radius 2 is 1.84 bits per heavy atom. The highest BCUT2D eigenvalue weighted by atomic mass is 32.2. The van der Waals surface area contributed by atoms with Gasteiger partial charge in [-0.3, -0.25) is 9.79 Å². The van der Waals surface area contributed by atoms with E-state index in [2.05, 4.69) is 20.0 Å². The summed E-state index contributed by atoms with van der Waals surface area (Å²) in [4.78, 5) is 21.7. The number of nitrogens with zero attached hydrogens (tertiary/aromatic N) is 2. The highest BCUT2D eigenvalue weighted by Crippen LogP contribution is 2.30. The third kappa shape index (κ3) is 8.37. The van der Waals surface area contributed by atoms with Gasteiger partial charge in [0.1, 0.15) is 16.9 Å². The highest BCUT2D eigenvalue weighted by Gasteiger charge is 2.27. The lowest BCUT2D eigenvalue weighted by molar-refractivity contribution is -0.124. The first kappa shape index (κ1) is 33.8. The molecule has 11 nitrogen and oxygen atoms in total. The van der Waals surface area contributed by atoms with Gasteiger partial charge in [0.05, 0.1) is 24.1 Å². The maximum atomic E-state index is 13.2. The van der Waals surface area contributed by atoms with Crippen LogP contribution in [-0.4, -0.2) is 56.1 Å². The van der Waals surface area contributed by atoms with E-state index in [-0.39, 0.29) is 17.4 Å². The van der Waals surface area contributed by atoms with Crippen molar-refractivity contribution in [1.82, 2.24) is 15.0 Å². The van der Waals surface area contributed by atoms with Gasteiger partial charge < -0.3 is 26.6 Å². The number of nitrogens with one attached hydrogen (secondary N) is 2. The third-order valence-electron chi connectivity index (χ3n) is 7.68. The Balaban J connectivity index is 1.39. The first-order chi connectivity index (χ1) is 21.4. The van der Waals surface area contributed by atoms with Crippen molar-refractivity contribution in [3.05, 3.63) is 87.4 Å². The molecule has 1 unspecified atom stereocenters. The second-order valence-electron chi connectivity index (χ2n) is 10.9. The standard InChI is InChI=1S/C32H40N6O5S2/c1-19-16-27(43-4)20(2)21(3)29(19)45(41,42)38-32(34)36-13-7-10-26(28(39)31-35-14-15-44-31)37-30(40)25(33)18-22-11-12-23-8-5-6-9-24(23)17-22/h5-6,8-9,11-12,14-17,25-26,28,39H,7,10,13,18,33H2,1-4H3,(H,37,40)(H3,34,36,38)/t25-,26-,28?/m0/s1. The zero-order chi connectivity index (χ0) is 32.7. The number of thiazole rings is 1. The van der Waals surface area contributed by atoms with Gasteiger partial charge in [-0.05, 0) is 79.1 Å². The molecule has 0 radical (unpaired) electrons. The van der Waals surface area contributed by atoms with E-state index in [0.717, 1.165) is 16.3 Å². The van der Waals surface area contributed by atoms with Crippen molar-refractivity contribution in [3.63, 3.8) is 0 Å². The maximum absolute atomic E-state index is 13.2. The average molecular weight is 653 g/mol. The normalized spacial score (nSPS) is 14.1. The largest absolute Gasteiger partial charge is 0.496 e. The number of aryl methyl sites for hydroxylation is 1. The van der Waals surface area contributed by atoms with Crippen LogP contribution in [0.15, 0.2) is 70.0 Å². The van der Waals surface area contributed by atoms with E-state index >= 15 is 0 Å². The molecule has 1 heterocycles. The summed E-state index contributed by atoms with van der Waals surface area (Å²) in [5.74, 6) is -0.0670. The van der Waals surface area contributed by atoms with Crippen molar-refractivity contribution in [2.75, 3.05) is 13.7 Å². The molecule has 0 aliphatic rings. The lowest BCUT2D eigenvalue weighted by atomic mass is 10.0. The molecule has 0 aliphatic carbocycles. The first-order valence-electron chi connectivity index (χ1n) is 14.5. The van der Waals surface area contributed by atoms with Gasteiger partial charge in [0.2, 0.25) is 11.9 Å². The van der Waals surface area contributed by atoms with Crippen molar-refractivity contribution >= 4 is 44.0 Å². The van der Waals surface area contributed by atoms with Crippen LogP contribution < -0.4 is 26.2 Å². The number of fused-ring (bicyclic) bond motifs is 1. The molecule has 4 aromatic rings. The predicted octanol–water partition coefficient (Wildman–Crippen LogP) is 3.39. The second kappa shape index (κ2) is 14.8. The molecule has 0 spiro atoms. The zero-order valence-corrected chi connectivity index (χ0v) is 27.4. The molecule has 13 heteroatoms. The van der Waals surface area contributed by atoms with Gasteiger partial charge in [0.25, 0.3) is 10.0 Å². The smallest absolute Gasteiger partial charge is 0.264 e. The number of sulfonamides is 1. The SMILES string of the molecule is COc1cc(C)c(S(=O)(=O)NC(N)=NCCC[C@H](NC(=O)[C@@H](N)Cc2ccc3ccccc3c2)C(O)c2nccs2)c(C)c1C. The van der Waals surface area contributed by atoms with Crippen LogP contribution in [-0.2, 0) is 21.2 Å². The number of aromatic nitrogens is 1. The van der Waals surface area contributed by atoms with Gasteiger partial charge in [-0.2, -0.15) is 0 Å². The fourth-order valence-corrected chi connectivity index (χ4v) is 7.41. The van der Waals surface area contributed by atoms with Gasteiger partial charge in [-0.15, -0.1) is 11.3 Å². The molecule has 0 fully saturated rings. The zero-order valence-electron chi connectivity index (χ0n) is 25.8. The minimum atomic E-state index is -4.01.